The van der Waals surface area contributed by atoms with Gasteiger partial charge in [0.1, 0.15) is 5.25 Å². The third kappa shape index (κ3) is 6.47. The van der Waals surface area contributed by atoms with E-state index in [-0.39, 0.29) is 11.8 Å². The summed E-state index contributed by atoms with van der Waals surface area (Å²) in [5, 5.41) is 5.66. The fourth-order valence-electron chi connectivity index (χ4n) is 3.41. The van der Waals surface area contributed by atoms with Gasteiger partial charge >= 0.3 is 0 Å². The molecule has 0 radical (unpaired) electrons. The summed E-state index contributed by atoms with van der Waals surface area (Å²) in [5.41, 5.74) is 4.66. The number of unbranched alkanes of at least 4 members (excludes halogenated alkanes) is 1. The fourth-order valence-corrected chi connectivity index (χ4v) is 4.44. The second kappa shape index (κ2) is 11.5. The van der Waals surface area contributed by atoms with Gasteiger partial charge in [-0.25, -0.2) is 0 Å². The molecule has 5 heteroatoms. The van der Waals surface area contributed by atoms with Crippen LogP contribution in [0.3, 0.4) is 0 Å². The Bertz CT molecular complexity index is 1030. The number of para-hydroxylation sites is 1. The molecule has 0 aliphatic carbocycles. The molecule has 3 aromatic rings. The van der Waals surface area contributed by atoms with E-state index in [1.165, 1.54) is 11.8 Å². The maximum Gasteiger partial charge on any atom is 0.242 e. The summed E-state index contributed by atoms with van der Waals surface area (Å²) in [6.07, 6.45) is 2.41. The van der Waals surface area contributed by atoms with E-state index in [0.29, 0.717) is 6.42 Å². The molecule has 32 heavy (non-hydrogen) atoms. The van der Waals surface area contributed by atoms with Crippen molar-refractivity contribution < 1.29 is 9.59 Å². The highest BCUT2D eigenvalue weighted by Gasteiger charge is 2.23. The van der Waals surface area contributed by atoms with Crippen LogP contribution in [0.15, 0.2) is 77.7 Å². The number of thioether (sulfide) groups is 1. The minimum atomic E-state index is -0.403. The van der Waals surface area contributed by atoms with Crippen molar-refractivity contribution >= 4 is 35.0 Å². The van der Waals surface area contributed by atoms with E-state index >= 15 is 0 Å². The number of carbonyl (C=O) groups excluding carboxylic acids is 2. The van der Waals surface area contributed by atoms with Crippen molar-refractivity contribution in [1.82, 2.24) is 0 Å². The molecule has 2 amide bonds. The molecule has 0 bridgehead atoms. The normalized spacial score (nSPS) is 11.6. The van der Waals surface area contributed by atoms with Gasteiger partial charge in [0, 0.05) is 22.7 Å². The summed E-state index contributed by atoms with van der Waals surface area (Å²) in [5.74, 6) is -0.0297. The number of anilines is 2. The Hall–Kier alpha value is -3.05. The van der Waals surface area contributed by atoms with Gasteiger partial charge in [-0.15, -0.1) is 11.8 Å². The highest BCUT2D eigenvalue weighted by Crippen LogP contribution is 2.37. The van der Waals surface area contributed by atoms with Gasteiger partial charge in [0.05, 0.1) is 0 Å². The van der Waals surface area contributed by atoms with Crippen molar-refractivity contribution in [2.45, 2.75) is 50.2 Å². The number of amides is 2. The first-order chi connectivity index (χ1) is 15.5. The van der Waals surface area contributed by atoms with Crippen LogP contribution in [0, 0.1) is 13.8 Å². The van der Waals surface area contributed by atoms with Gasteiger partial charge in [-0.3, -0.25) is 9.59 Å². The lowest BCUT2D eigenvalue weighted by Crippen LogP contribution is -2.20. The van der Waals surface area contributed by atoms with Crippen LogP contribution >= 0.6 is 11.8 Å². The first-order valence-electron chi connectivity index (χ1n) is 11.0. The Labute approximate surface area is 194 Å². The summed E-state index contributed by atoms with van der Waals surface area (Å²) in [4.78, 5) is 26.3. The van der Waals surface area contributed by atoms with Crippen molar-refractivity contribution in [3.63, 3.8) is 0 Å². The third-order valence-corrected chi connectivity index (χ3v) is 6.49. The highest BCUT2D eigenvalue weighted by atomic mass is 32.2. The van der Waals surface area contributed by atoms with Crippen molar-refractivity contribution in [3.05, 3.63) is 89.5 Å². The molecule has 1 unspecified atom stereocenters. The van der Waals surface area contributed by atoms with E-state index in [1.807, 2.05) is 86.6 Å². The SMILES string of the molecule is CCCCC(=O)Nc1ccc(SC(C(=O)Nc2c(C)cccc2C)c2ccccc2)cc1. The average Bonchev–Trinajstić information content (AvgIpc) is 2.80. The number of benzene rings is 3. The highest BCUT2D eigenvalue weighted by molar-refractivity contribution is 8.00. The summed E-state index contributed by atoms with van der Waals surface area (Å²) in [7, 11) is 0. The second-order valence-electron chi connectivity index (χ2n) is 7.84. The van der Waals surface area contributed by atoms with E-state index in [9.17, 15) is 9.59 Å². The molecule has 1 atom stereocenters. The Morgan fingerprint density at radius 1 is 0.844 bits per heavy atom. The maximum atomic E-state index is 13.3. The van der Waals surface area contributed by atoms with Crippen LogP contribution in [0.5, 0.6) is 0 Å². The zero-order valence-corrected chi connectivity index (χ0v) is 19.7. The largest absolute Gasteiger partial charge is 0.326 e. The number of carbonyl (C=O) groups is 2. The number of rotatable bonds is 9. The molecule has 3 aromatic carbocycles. The van der Waals surface area contributed by atoms with E-state index in [0.717, 1.165) is 45.8 Å². The van der Waals surface area contributed by atoms with Crippen LogP contribution in [0.4, 0.5) is 11.4 Å². The quantitative estimate of drug-likeness (QED) is 0.351. The molecular weight excluding hydrogens is 416 g/mol. The van der Waals surface area contributed by atoms with Gasteiger partial charge in [0.15, 0.2) is 0 Å². The molecule has 4 nitrogen and oxygen atoms in total. The first kappa shape index (κ1) is 23.6. The van der Waals surface area contributed by atoms with Crippen LogP contribution in [-0.2, 0) is 9.59 Å². The standard InChI is InChI=1S/C27H30N2O2S/c1-4-5-14-24(30)28-22-15-17-23(18-16-22)32-26(21-12-7-6-8-13-21)27(31)29-25-19(2)10-9-11-20(25)3/h6-13,15-18,26H,4-5,14H2,1-3H3,(H,28,30)(H,29,31). The molecule has 0 aliphatic rings. The lowest BCUT2D eigenvalue weighted by atomic mass is 10.1. The van der Waals surface area contributed by atoms with Gasteiger partial charge in [-0.2, -0.15) is 0 Å². The van der Waals surface area contributed by atoms with Gasteiger partial charge in [-0.1, -0.05) is 61.9 Å². The Balaban J connectivity index is 1.77. The first-order valence-corrected chi connectivity index (χ1v) is 11.8. The minimum Gasteiger partial charge on any atom is -0.326 e. The Morgan fingerprint density at radius 2 is 1.50 bits per heavy atom. The average molecular weight is 447 g/mol. The topological polar surface area (TPSA) is 58.2 Å². The van der Waals surface area contributed by atoms with E-state index in [1.54, 1.807) is 0 Å². The van der Waals surface area contributed by atoms with Crippen molar-refractivity contribution in [1.29, 1.82) is 0 Å². The summed E-state index contributed by atoms with van der Waals surface area (Å²) < 4.78 is 0. The monoisotopic (exact) mass is 446 g/mol. The molecule has 0 saturated carbocycles. The van der Waals surface area contributed by atoms with Crippen LogP contribution in [-0.4, -0.2) is 11.8 Å². The van der Waals surface area contributed by atoms with Crippen LogP contribution < -0.4 is 10.6 Å². The summed E-state index contributed by atoms with van der Waals surface area (Å²) in [6.45, 7) is 6.07. The van der Waals surface area contributed by atoms with E-state index in [2.05, 4.69) is 17.6 Å². The molecule has 2 N–H and O–H groups in total. The smallest absolute Gasteiger partial charge is 0.242 e. The van der Waals surface area contributed by atoms with Crippen LogP contribution in [0.1, 0.15) is 48.1 Å². The maximum absolute atomic E-state index is 13.3. The zero-order chi connectivity index (χ0) is 22.9. The number of hydrogen-bond acceptors (Lipinski definition) is 3. The van der Waals surface area contributed by atoms with E-state index < -0.39 is 5.25 Å². The molecular formula is C27H30N2O2S. The lowest BCUT2D eigenvalue weighted by molar-refractivity contribution is -0.116. The van der Waals surface area contributed by atoms with Crippen LogP contribution in [0.2, 0.25) is 0 Å². The number of aryl methyl sites for hydroxylation is 2. The molecule has 3 rings (SSSR count). The van der Waals surface area contributed by atoms with E-state index in [4.69, 9.17) is 0 Å². The molecule has 0 saturated heterocycles. The Morgan fingerprint density at radius 3 is 2.12 bits per heavy atom. The van der Waals surface area contributed by atoms with Gasteiger partial charge in [0.25, 0.3) is 0 Å². The van der Waals surface area contributed by atoms with Gasteiger partial charge < -0.3 is 10.6 Å². The van der Waals surface area contributed by atoms with Gasteiger partial charge in [-0.05, 0) is 61.2 Å². The molecule has 0 heterocycles. The predicted molar refractivity (Wildman–Crippen MR) is 134 cm³/mol. The number of nitrogens with one attached hydrogen (secondary N) is 2. The second-order valence-corrected chi connectivity index (χ2v) is 9.02. The minimum absolute atomic E-state index is 0.0300. The summed E-state index contributed by atoms with van der Waals surface area (Å²) in [6, 6.07) is 23.5. The predicted octanol–water partition coefficient (Wildman–Crippen LogP) is 6.90. The molecule has 0 aromatic heterocycles. The molecule has 0 aliphatic heterocycles. The zero-order valence-electron chi connectivity index (χ0n) is 18.9. The van der Waals surface area contributed by atoms with Crippen molar-refractivity contribution in [2.24, 2.45) is 0 Å². The number of hydrogen-bond donors (Lipinski definition) is 2. The Kier molecular flexibility index (Phi) is 8.51. The lowest BCUT2D eigenvalue weighted by Gasteiger charge is -2.19. The summed E-state index contributed by atoms with van der Waals surface area (Å²) >= 11 is 1.50. The van der Waals surface area contributed by atoms with Crippen molar-refractivity contribution in [2.75, 3.05) is 10.6 Å². The molecule has 166 valence electrons. The fraction of sp³-hybridized carbons (Fsp3) is 0.259. The van der Waals surface area contributed by atoms with Crippen LogP contribution in [0.25, 0.3) is 0 Å². The van der Waals surface area contributed by atoms with Crippen molar-refractivity contribution in [3.8, 4) is 0 Å². The third-order valence-electron chi connectivity index (χ3n) is 5.22. The molecule has 0 spiro atoms. The van der Waals surface area contributed by atoms with Gasteiger partial charge in [0.2, 0.25) is 11.8 Å². The molecule has 0 fully saturated rings.